The summed E-state index contributed by atoms with van der Waals surface area (Å²) in [4.78, 5) is 9.01. The Kier molecular flexibility index (Phi) is 3.66. The minimum atomic E-state index is -0.385. The van der Waals surface area contributed by atoms with Crippen LogP contribution in [0.2, 0.25) is 0 Å². The van der Waals surface area contributed by atoms with Gasteiger partial charge in [-0.1, -0.05) is 6.08 Å². The van der Waals surface area contributed by atoms with E-state index in [4.69, 9.17) is 9.31 Å². The molecular formula is C16H23BN2O2. The molecule has 5 heteroatoms. The molecule has 0 atom stereocenters. The van der Waals surface area contributed by atoms with Crippen LogP contribution in [0.1, 0.15) is 59.2 Å². The maximum Gasteiger partial charge on any atom is 0.498 e. The van der Waals surface area contributed by atoms with Gasteiger partial charge >= 0.3 is 7.12 Å². The third kappa shape index (κ3) is 2.77. The van der Waals surface area contributed by atoms with Gasteiger partial charge < -0.3 is 9.31 Å². The van der Waals surface area contributed by atoms with Crippen LogP contribution in [0, 0.1) is 0 Å². The van der Waals surface area contributed by atoms with Crippen molar-refractivity contribution in [1.29, 1.82) is 0 Å². The molecule has 1 aromatic rings. The molecule has 1 aromatic heterocycles. The Hall–Kier alpha value is -1.20. The van der Waals surface area contributed by atoms with Crippen molar-refractivity contribution in [1.82, 2.24) is 9.97 Å². The van der Waals surface area contributed by atoms with E-state index in [1.165, 1.54) is 18.4 Å². The van der Waals surface area contributed by atoms with Crippen LogP contribution >= 0.6 is 0 Å². The number of allylic oxidation sites excluding steroid dienone is 2. The van der Waals surface area contributed by atoms with Crippen LogP contribution in [-0.4, -0.2) is 28.3 Å². The molecule has 2 aliphatic rings. The van der Waals surface area contributed by atoms with Crippen LogP contribution in [0.25, 0.3) is 5.57 Å². The molecule has 0 spiro atoms. The normalized spacial score (nSPS) is 24.0. The summed E-state index contributed by atoms with van der Waals surface area (Å²) in [6, 6.07) is 0. The van der Waals surface area contributed by atoms with E-state index in [0.717, 1.165) is 24.1 Å². The lowest BCUT2D eigenvalue weighted by Gasteiger charge is -2.32. The molecule has 0 amide bonds. The highest BCUT2D eigenvalue weighted by Gasteiger charge is 2.51. The van der Waals surface area contributed by atoms with Gasteiger partial charge in [0.2, 0.25) is 0 Å². The summed E-state index contributed by atoms with van der Waals surface area (Å²) in [5.74, 6) is 0.843. The largest absolute Gasteiger partial charge is 0.498 e. The third-order valence-electron chi connectivity index (χ3n) is 4.78. The number of rotatable bonds is 2. The summed E-state index contributed by atoms with van der Waals surface area (Å²) >= 11 is 0. The molecule has 1 fully saturated rings. The van der Waals surface area contributed by atoms with E-state index in [0.29, 0.717) is 0 Å². The summed E-state index contributed by atoms with van der Waals surface area (Å²) in [6.45, 7) is 8.20. The zero-order chi connectivity index (χ0) is 15.1. The van der Waals surface area contributed by atoms with Gasteiger partial charge in [-0.3, -0.25) is 0 Å². The van der Waals surface area contributed by atoms with Crippen LogP contribution in [0.4, 0.5) is 0 Å². The zero-order valence-electron chi connectivity index (χ0n) is 13.3. The molecule has 0 aromatic carbocycles. The second-order valence-electron chi connectivity index (χ2n) is 6.90. The predicted octanol–water partition coefficient (Wildman–Crippen LogP) is 2.73. The molecule has 1 aliphatic heterocycles. The Morgan fingerprint density at radius 3 is 2.14 bits per heavy atom. The number of aromatic nitrogens is 2. The van der Waals surface area contributed by atoms with Crippen LogP contribution < -0.4 is 5.46 Å². The van der Waals surface area contributed by atoms with Gasteiger partial charge in [0.05, 0.1) is 11.2 Å². The van der Waals surface area contributed by atoms with Crippen molar-refractivity contribution in [3.05, 3.63) is 24.3 Å². The fraction of sp³-hybridized carbons (Fsp3) is 0.625. The predicted molar refractivity (Wildman–Crippen MR) is 84.2 cm³/mol. The van der Waals surface area contributed by atoms with E-state index in [1.807, 2.05) is 12.4 Å². The third-order valence-corrected chi connectivity index (χ3v) is 4.78. The molecule has 3 rings (SSSR count). The highest BCUT2D eigenvalue weighted by Crippen LogP contribution is 2.36. The minimum absolute atomic E-state index is 0.331. The van der Waals surface area contributed by atoms with Crippen molar-refractivity contribution in [3.63, 3.8) is 0 Å². The zero-order valence-corrected chi connectivity index (χ0v) is 13.3. The van der Waals surface area contributed by atoms with Crippen molar-refractivity contribution in [2.45, 2.75) is 64.6 Å². The van der Waals surface area contributed by atoms with Gasteiger partial charge in [-0.25, -0.2) is 9.97 Å². The fourth-order valence-electron chi connectivity index (χ4n) is 2.65. The maximum atomic E-state index is 6.02. The van der Waals surface area contributed by atoms with Crippen molar-refractivity contribution in [3.8, 4) is 0 Å². The van der Waals surface area contributed by atoms with Crippen molar-refractivity contribution in [2.75, 3.05) is 0 Å². The van der Waals surface area contributed by atoms with E-state index in [9.17, 15) is 0 Å². The van der Waals surface area contributed by atoms with Crippen LogP contribution in [0.5, 0.6) is 0 Å². The molecule has 0 bridgehead atoms. The first-order valence-corrected chi connectivity index (χ1v) is 7.76. The Bertz CT molecular complexity index is 536. The molecule has 1 saturated heterocycles. The van der Waals surface area contributed by atoms with Crippen molar-refractivity contribution >= 4 is 18.2 Å². The minimum Gasteiger partial charge on any atom is -0.399 e. The molecule has 0 radical (unpaired) electrons. The molecule has 0 unspecified atom stereocenters. The lowest BCUT2D eigenvalue weighted by atomic mass is 9.81. The monoisotopic (exact) mass is 286 g/mol. The van der Waals surface area contributed by atoms with E-state index in [1.54, 1.807) is 0 Å². The molecule has 0 saturated carbocycles. The van der Waals surface area contributed by atoms with Gasteiger partial charge in [0.25, 0.3) is 0 Å². The average molecular weight is 286 g/mol. The second-order valence-corrected chi connectivity index (χ2v) is 6.90. The average Bonchev–Trinajstić information content (AvgIpc) is 2.69. The molecule has 4 nitrogen and oxygen atoms in total. The van der Waals surface area contributed by atoms with Gasteiger partial charge in [0.15, 0.2) is 5.82 Å². The van der Waals surface area contributed by atoms with Gasteiger partial charge in [0, 0.05) is 17.9 Å². The lowest BCUT2D eigenvalue weighted by Crippen LogP contribution is -2.41. The van der Waals surface area contributed by atoms with Gasteiger partial charge in [-0.2, -0.15) is 0 Å². The van der Waals surface area contributed by atoms with Crippen LogP contribution in [-0.2, 0) is 9.31 Å². The molecule has 1 aliphatic carbocycles. The van der Waals surface area contributed by atoms with Crippen LogP contribution in [0.15, 0.2) is 18.5 Å². The second kappa shape index (κ2) is 5.22. The van der Waals surface area contributed by atoms with Crippen molar-refractivity contribution in [2.24, 2.45) is 0 Å². The van der Waals surface area contributed by atoms with E-state index >= 15 is 0 Å². The molecular weight excluding hydrogens is 263 g/mol. The van der Waals surface area contributed by atoms with Gasteiger partial charge in [-0.15, -0.1) is 0 Å². The Balaban J connectivity index is 1.78. The van der Waals surface area contributed by atoms with Gasteiger partial charge in [0.1, 0.15) is 0 Å². The summed E-state index contributed by atoms with van der Waals surface area (Å²) in [5.41, 5.74) is 1.49. The van der Waals surface area contributed by atoms with E-state index in [-0.39, 0.29) is 18.3 Å². The topological polar surface area (TPSA) is 44.2 Å². The standard InChI is InChI=1S/C16H23BN2O2/c1-15(2)16(3,4)21-17(20-15)13-10-18-14(19-11-13)12-8-6-5-7-9-12/h8,10-11H,5-7,9H2,1-4H3. The summed E-state index contributed by atoms with van der Waals surface area (Å²) in [7, 11) is -0.385. The first kappa shape index (κ1) is 14.7. The molecule has 21 heavy (non-hydrogen) atoms. The Morgan fingerprint density at radius 1 is 1.00 bits per heavy atom. The maximum absolute atomic E-state index is 6.02. The smallest absolute Gasteiger partial charge is 0.399 e. The Labute approximate surface area is 127 Å². The number of nitrogens with zero attached hydrogens (tertiary/aromatic N) is 2. The van der Waals surface area contributed by atoms with Crippen LogP contribution in [0.3, 0.4) is 0 Å². The fourth-order valence-corrected chi connectivity index (χ4v) is 2.65. The molecule has 2 heterocycles. The van der Waals surface area contributed by atoms with E-state index in [2.05, 4.69) is 43.7 Å². The van der Waals surface area contributed by atoms with E-state index < -0.39 is 0 Å². The van der Waals surface area contributed by atoms with Gasteiger partial charge in [-0.05, 0) is 59.0 Å². The lowest BCUT2D eigenvalue weighted by molar-refractivity contribution is 0.00578. The number of hydrogen-bond acceptors (Lipinski definition) is 4. The SMILES string of the molecule is CC1(C)OB(c2cnc(C3=CCCCC3)nc2)OC1(C)C. The van der Waals surface area contributed by atoms with Crippen molar-refractivity contribution < 1.29 is 9.31 Å². The first-order chi connectivity index (χ1) is 9.89. The summed E-state index contributed by atoms with van der Waals surface area (Å²) in [5, 5.41) is 0. The summed E-state index contributed by atoms with van der Waals surface area (Å²) < 4.78 is 12.0. The first-order valence-electron chi connectivity index (χ1n) is 7.76. The highest BCUT2D eigenvalue weighted by molar-refractivity contribution is 6.61. The molecule has 112 valence electrons. The number of hydrogen-bond donors (Lipinski definition) is 0. The summed E-state index contributed by atoms with van der Waals surface area (Å²) in [6.07, 6.45) is 10.6. The molecule has 0 N–H and O–H groups in total. The quantitative estimate of drug-likeness (QED) is 0.784. The Morgan fingerprint density at radius 2 is 1.62 bits per heavy atom. The highest BCUT2D eigenvalue weighted by atomic mass is 16.7.